The van der Waals surface area contributed by atoms with Crippen LogP contribution >= 0.6 is 11.6 Å². The van der Waals surface area contributed by atoms with Crippen molar-refractivity contribution in [3.8, 4) is 11.4 Å². The summed E-state index contributed by atoms with van der Waals surface area (Å²) in [6, 6.07) is 12.4. The summed E-state index contributed by atoms with van der Waals surface area (Å²) >= 11 is 5.78. The van der Waals surface area contributed by atoms with Crippen molar-refractivity contribution in [2.45, 2.75) is 6.54 Å². The molecular formula is C15H10ClFN4O. The van der Waals surface area contributed by atoms with Gasteiger partial charge in [-0.3, -0.25) is 4.79 Å². The van der Waals surface area contributed by atoms with E-state index in [0.717, 1.165) is 0 Å². The Bertz CT molecular complexity index is 816. The van der Waals surface area contributed by atoms with E-state index in [-0.39, 0.29) is 24.0 Å². The molecule has 0 saturated heterocycles. The fourth-order valence-corrected chi connectivity index (χ4v) is 2.03. The molecule has 0 radical (unpaired) electrons. The monoisotopic (exact) mass is 316 g/mol. The second-order valence-electron chi connectivity index (χ2n) is 4.58. The SMILES string of the molecule is O=C(Cn1nnc(-c2cccc(F)c2)n1)c1ccc(Cl)cc1. The number of hydrogen-bond acceptors (Lipinski definition) is 4. The van der Waals surface area contributed by atoms with E-state index in [1.54, 1.807) is 36.4 Å². The molecule has 1 aromatic heterocycles. The molecule has 1 heterocycles. The number of benzene rings is 2. The van der Waals surface area contributed by atoms with E-state index >= 15 is 0 Å². The molecule has 5 nitrogen and oxygen atoms in total. The van der Waals surface area contributed by atoms with Gasteiger partial charge in [-0.25, -0.2) is 4.39 Å². The summed E-state index contributed by atoms with van der Waals surface area (Å²) in [7, 11) is 0. The van der Waals surface area contributed by atoms with Crippen LogP contribution in [0.4, 0.5) is 4.39 Å². The van der Waals surface area contributed by atoms with E-state index in [9.17, 15) is 9.18 Å². The van der Waals surface area contributed by atoms with Crippen LogP contribution in [-0.4, -0.2) is 26.0 Å². The van der Waals surface area contributed by atoms with Gasteiger partial charge in [-0.15, -0.1) is 10.2 Å². The van der Waals surface area contributed by atoms with Crippen LogP contribution in [-0.2, 0) is 6.54 Å². The molecule has 0 aliphatic rings. The Labute approximate surface area is 130 Å². The lowest BCUT2D eigenvalue weighted by atomic mass is 10.1. The number of hydrogen-bond donors (Lipinski definition) is 0. The van der Waals surface area contributed by atoms with Gasteiger partial charge >= 0.3 is 0 Å². The lowest BCUT2D eigenvalue weighted by Gasteiger charge is -1.99. The van der Waals surface area contributed by atoms with Crippen LogP contribution in [0.1, 0.15) is 10.4 Å². The molecule has 0 unspecified atom stereocenters. The molecule has 0 aliphatic carbocycles. The van der Waals surface area contributed by atoms with Crippen molar-refractivity contribution < 1.29 is 9.18 Å². The van der Waals surface area contributed by atoms with Crippen molar-refractivity contribution in [2.24, 2.45) is 0 Å². The molecule has 3 rings (SSSR count). The first-order valence-electron chi connectivity index (χ1n) is 6.44. The summed E-state index contributed by atoms with van der Waals surface area (Å²) in [5.74, 6) is -0.283. The van der Waals surface area contributed by atoms with E-state index < -0.39 is 0 Å². The molecule has 0 spiro atoms. The second kappa shape index (κ2) is 6.03. The minimum Gasteiger partial charge on any atom is -0.292 e. The smallest absolute Gasteiger partial charge is 0.205 e. The number of rotatable bonds is 4. The first-order valence-corrected chi connectivity index (χ1v) is 6.82. The van der Waals surface area contributed by atoms with Crippen molar-refractivity contribution in [1.82, 2.24) is 20.2 Å². The van der Waals surface area contributed by atoms with Crippen LogP contribution in [0.2, 0.25) is 5.02 Å². The summed E-state index contributed by atoms with van der Waals surface area (Å²) in [4.78, 5) is 13.3. The van der Waals surface area contributed by atoms with Crippen LogP contribution in [0.5, 0.6) is 0 Å². The number of tetrazole rings is 1. The molecule has 0 fully saturated rings. The van der Waals surface area contributed by atoms with Crippen LogP contribution in [0.25, 0.3) is 11.4 Å². The van der Waals surface area contributed by atoms with E-state index in [1.165, 1.54) is 16.9 Å². The van der Waals surface area contributed by atoms with E-state index in [1.807, 2.05) is 0 Å². The molecule has 7 heteroatoms. The van der Waals surface area contributed by atoms with Crippen molar-refractivity contribution in [2.75, 3.05) is 0 Å². The Balaban J connectivity index is 1.77. The Kier molecular flexibility index (Phi) is 3.93. The average molecular weight is 317 g/mol. The summed E-state index contributed by atoms with van der Waals surface area (Å²) in [6.07, 6.45) is 0. The fraction of sp³-hybridized carbons (Fsp3) is 0.0667. The van der Waals surface area contributed by atoms with Gasteiger partial charge in [0.15, 0.2) is 5.78 Å². The zero-order valence-corrected chi connectivity index (χ0v) is 12.0. The zero-order valence-electron chi connectivity index (χ0n) is 11.3. The highest BCUT2D eigenvalue weighted by Gasteiger charge is 2.11. The molecule has 2 aromatic carbocycles. The topological polar surface area (TPSA) is 60.7 Å². The Morgan fingerprint density at radius 3 is 2.68 bits per heavy atom. The van der Waals surface area contributed by atoms with E-state index in [4.69, 9.17) is 11.6 Å². The van der Waals surface area contributed by atoms with E-state index in [2.05, 4.69) is 15.4 Å². The van der Waals surface area contributed by atoms with Crippen LogP contribution in [0, 0.1) is 5.82 Å². The van der Waals surface area contributed by atoms with Crippen LogP contribution in [0.3, 0.4) is 0 Å². The maximum atomic E-state index is 13.2. The van der Waals surface area contributed by atoms with Crippen molar-refractivity contribution in [1.29, 1.82) is 0 Å². The Hall–Kier alpha value is -2.60. The highest BCUT2D eigenvalue weighted by Crippen LogP contribution is 2.15. The van der Waals surface area contributed by atoms with Gasteiger partial charge in [-0.05, 0) is 41.6 Å². The third-order valence-corrected chi connectivity index (χ3v) is 3.24. The number of carbonyl (C=O) groups excluding carboxylic acids is 1. The van der Waals surface area contributed by atoms with Gasteiger partial charge in [-0.2, -0.15) is 4.80 Å². The Morgan fingerprint density at radius 1 is 1.18 bits per heavy atom. The summed E-state index contributed by atoms with van der Waals surface area (Å²) in [6.45, 7) is -0.0516. The Morgan fingerprint density at radius 2 is 1.95 bits per heavy atom. The van der Waals surface area contributed by atoms with Gasteiger partial charge in [0.2, 0.25) is 5.82 Å². The number of Topliss-reactive ketones (excluding diaryl/α,β-unsaturated/α-hetero) is 1. The average Bonchev–Trinajstić information content (AvgIpc) is 2.96. The number of carbonyl (C=O) groups is 1. The molecule has 0 aliphatic heterocycles. The van der Waals surface area contributed by atoms with Gasteiger partial charge in [0.1, 0.15) is 12.4 Å². The van der Waals surface area contributed by atoms with Crippen molar-refractivity contribution in [3.05, 3.63) is 64.9 Å². The van der Waals surface area contributed by atoms with Gasteiger partial charge < -0.3 is 0 Å². The molecule has 3 aromatic rings. The maximum Gasteiger partial charge on any atom is 0.205 e. The summed E-state index contributed by atoms with van der Waals surface area (Å²) < 4.78 is 13.2. The predicted octanol–water partition coefficient (Wildman–Crippen LogP) is 3.02. The lowest BCUT2D eigenvalue weighted by Crippen LogP contribution is -2.13. The fourth-order valence-electron chi connectivity index (χ4n) is 1.91. The zero-order chi connectivity index (χ0) is 15.5. The summed E-state index contributed by atoms with van der Waals surface area (Å²) in [5.41, 5.74) is 1.01. The number of ketones is 1. The highest BCUT2D eigenvalue weighted by molar-refractivity contribution is 6.30. The third-order valence-electron chi connectivity index (χ3n) is 2.99. The van der Waals surface area contributed by atoms with E-state index in [0.29, 0.717) is 16.1 Å². The molecule has 0 atom stereocenters. The minimum atomic E-state index is -0.383. The second-order valence-corrected chi connectivity index (χ2v) is 5.02. The standard InChI is InChI=1S/C15H10ClFN4O/c16-12-6-4-10(5-7-12)14(22)9-21-19-15(18-20-21)11-2-1-3-13(17)8-11/h1-8H,9H2. The maximum absolute atomic E-state index is 13.2. The molecule has 0 bridgehead atoms. The molecule has 0 N–H and O–H groups in total. The first-order chi connectivity index (χ1) is 10.6. The third kappa shape index (κ3) is 3.17. The predicted molar refractivity (Wildman–Crippen MR) is 79.0 cm³/mol. The van der Waals surface area contributed by atoms with Gasteiger partial charge in [0.05, 0.1) is 0 Å². The first kappa shape index (κ1) is 14.3. The number of halogens is 2. The molecule has 0 saturated carbocycles. The van der Waals surface area contributed by atoms with Gasteiger partial charge in [-0.1, -0.05) is 23.7 Å². The highest BCUT2D eigenvalue weighted by atomic mass is 35.5. The molecule has 22 heavy (non-hydrogen) atoms. The summed E-state index contributed by atoms with van der Waals surface area (Å²) in [5, 5.41) is 12.3. The number of nitrogens with zero attached hydrogens (tertiary/aromatic N) is 4. The molecular weight excluding hydrogens is 307 g/mol. The minimum absolute atomic E-state index is 0.0516. The van der Waals surface area contributed by atoms with Crippen molar-refractivity contribution >= 4 is 17.4 Å². The van der Waals surface area contributed by atoms with Crippen LogP contribution in [0.15, 0.2) is 48.5 Å². The largest absolute Gasteiger partial charge is 0.292 e. The molecule has 110 valence electrons. The normalized spacial score (nSPS) is 10.6. The van der Waals surface area contributed by atoms with Gasteiger partial charge in [0.25, 0.3) is 0 Å². The van der Waals surface area contributed by atoms with Gasteiger partial charge in [0, 0.05) is 16.1 Å². The van der Waals surface area contributed by atoms with Crippen molar-refractivity contribution in [3.63, 3.8) is 0 Å². The number of aromatic nitrogens is 4. The molecule has 0 amide bonds. The van der Waals surface area contributed by atoms with Crippen LogP contribution < -0.4 is 0 Å². The quantitative estimate of drug-likeness (QED) is 0.694. The lowest BCUT2D eigenvalue weighted by molar-refractivity contribution is 0.0961.